The maximum Gasteiger partial charge on any atom is 0.280 e. The van der Waals surface area contributed by atoms with E-state index >= 15 is 0 Å². The summed E-state index contributed by atoms with van der Waals surface area (Å²) in [5.41, 5.74) is 0.905. The van der Waals surface area contributed by atoms with Crippen LogP contribution in [0, 0.1) is 12.7 Å². The molecule has 0 unspecified atom stereocenters. The number of carbonyl (C=O) groups excluding carboxylic acids is 1. The third-order valence-electron chi connectivity index (χ3n) is 4.45. The van der Waals surface area contributed by atoms with Crippen molar-refractivity contribution >= 4 is 5.91 Å². The van der Waals surface area contributed by atoms with E-state index < -0.39 is 5.82 Å². The first-order chi connectivity index (χ1) is 12.6. The van der Waals surface area contributed by atoms with Crippen molar-refractivity contribution in [3.8, 4) is 11.6 Å². The Morgan fingerprint density at radius 1 is 1.31 bits per heavy atom. The minimum Gasteiger partial charge on any atom is -0.338 e. The topological polar surface area (TPSA) is 89.9 Å². The molecule has 9 heteroatoms. The van der Waals surface area contributed by atoms with Crippen LogP contribution in [0.5, 0.6) is 0 Å². The molecule has 0 aliphatic carbocycles. The Labute approximate surface area is 148 Å². The van der Waals surface area contributed by atoms with Crippen molar-refractivity contribution in [3.05, 3.63) is 47.7 Å². The van der Waals surface area contributed by atoms with E-state index in [0.717, 1.165) is 12.8 Å². The van der Waals surface area contributed by atoms with E-state index in [-0.39, 0.29) is 11.9 Å². The van der Waals surface area contributed by atoms with Crippen LogP contribution in [0.4, 0.5) is 4.39 Å². The number of carbonyl (C=O) groups is 1. The fourth-order valence-corrected chi connectivity index (χ4v) is 3.09. The third-order valence-corrected chi connectivity index (χ3v) is 4.45. The van der Waals surface area contributed by atoms with Gasteiger partial charge in [0, 0.05) is 18.7 Å². The normalized spacial score (nSPS) is 15.4. The summed E-state index contributed by atoms with van der Waals surface area (Å²) < 4.78 is 20.2. The number of rotatable bonds is 3. The molecule has 3 aromatic rings. The molecule has 0 radical (unpaired) electrons. The van der Waals surface area contributed by atoms with Crippen LogP contribution in [0.25, 0.3) is 11.6 Å². The van der Waals surface area contributed by atoms with Crippen molar-refractivity contribution < 1.29 is 13.7 Å². The monoisotopic (exact) mass is 356 g/mol. The van der Waals surface area contributed by atoms with Crippen molar-refractivity contribution in [2.75, 3.05) is 13.1 Å². The van der Waals surface area contributed by atoms with Crippen molar-refractivity contribution in [1.29, 1.82) is 0 Å². The molecule has 0 spiro atoms. The average molecular weight is 356 g/mol. The van der Waals surface area contributed by atoms with Gasteiger partial charge in [-0.25, -0.2) is 9.07 Å². The summed E-state index contributed by atoms with van der Waals surface area (Å²) in [5, 5.41) is 12.0. The molecular weight excluding hydrogens is 339 g/mol. The van der Waals surface area contributed by atoms with Gasteiger partial charge in [-0.2, -0.15) is 4.98 Å². The van der Waals surface area contributed by atoms with Crippen LogP contribution < -0.4 is 0 Å². The van der Waals surface area contributed by atoms with Crippen LogP contribution in [0.3, 0.4) is 0 Å². The molecule has 26 heavy (non-hydrogen) atoms. The molecule has 1 aromatic carbocycles. The van der Waals surface area contributed by atoms with Gasteiger partial charge in [0.25, 0.3) is 11.8 Å². The Hall–Kier alpha value is -3.10. The lowest BCUT2D eigenvalue weighted by atomic mass is 10.0. The fourth-order valence-electron chi connectivity index (χ4n) is 3.09. The highest BCUT2D eigenvalue weighted by atomic mass is 19.1. The Bertz CT molecular complexity index is 929. The molecule has 3 heterocycles. The molecule has 1 aliphatic rings. The number of hydrogen-bond acceptors (Lipinski definition) is 6. The molecule has 1 saturated heterocycles. The molecule has 4 rings (SSSR count). The van der Waals surface area contributed by atoms with Crippen molar-refractivity contribution in [2.24, 2.45) is 0 Å². The minimum atomic E-state index is -0.405. The molecule has 0 saturated carbocycles. The summed E-state index contributed by atoms with van der Waals surface area (Å²) in [7, 11) is 0. The quantitative estimate of drug-likeness (QED) is 0.715. The number of amides is 1. The summed E-state index contributed by atoms with van der Waals surface area (Å²) in [5.74, 6) is 0.326. The summed E-state index contributed by atoms with van der Waals surface area (Å²) >= 11 is 0. The van der Waals surface area contributed by atoms with E-state index in [1.807, 2.05) is 0 Å². The van der Waals surface area contributed by atoms with Gasteiger partial charge in [0.15, 0.2) is 11.5 Å². The second kappa shape index (κ2) is 6.66. The lowest BCUT2D eigenvalue weighted by Gasteiger charge is -2.31. The lowest BCUT2D eigenvalue weighted by Crippen LogP contribution is -2.39. The highest BCUT2D eigenvalue weighted by molar-refractivity contribution is 5.94. The average Bonchev–Trinajstić information content (AvgIpc) is 3.30. The zero-order valence-corrected chi connectivity index (χ0v) is 14.2. The van der Waals surface area contributed by atoms with E-state index in [9.17, 15) is 9.18 Å². The third kappa shape index (κ3) is 3.19. The molecule has 1 aliphatic heterocycles. The highest BCUT2D eigenvalue weighted by Gasteiger charge is 2.26. The summed E-state index contributed by atoms with van der Waals surface area (Å²) in [6, 6.07) is 5.91. The van der Waals surface area contributed by atoms with E-state index in [1.165, 1.54) is 12.1 Å². The van der Waals surface area contributed by atoms with Gasteiger partial charge >= 0.3 is 0 Å². The summed E-state index contributed by atoms with van der Waals surface area (Å²) in [4.78, 5) is 18.4. The number of likely N-dealkylation sites (tertiary alicyclic amines) is 1. The van der Waals surface area contributed by atoms with E-state index in [4.69, 9.17) is 4.52 Å². The smallest absolute Gasteiger partial charge is 0.280 e. The summed E-state index contributed by atoms with van der Waals surface area (Å²) in [6.45, 7) is 2.90. The minimum absolute atomic E-state index is 0.136. The van der Waals surface area contributed by atoms with Crippen LogP contribution in [0.1, 0.15) is 35.1 Å². The molecule has 8 nitrogen and oxygen atoms in total. The van der Waals surface area contributed by atoms with Gasteiger partial charge in [0.05, 0.1) is 12.2 Å². The Balaban J connectivity index is 1.41. The molecular formula is C17H17FN6O2. The fraction of sp³-hybridized carbons (Fsp3) is 0.353. The maximum absolute atomic E-state index is 13.3. The summed E-state index contributed by atoms with van der Waals surface area (Å²) in [6.07, 6.45) is 3.26. The molecule has 0 bridgehead atoms. The number of nitrogens with zero attached hydrogens (tertiary/aromatic N) is 6. The largest absolute Gasteiger partial charge is 0.338 e. The van der Waals surface area contributed by atoms with Gasteiger partial charge in [-0.15, -0.1) is 5.10 Å². The first kappa shape index (κ1) is 16.4. The molecule has 2 aromatic heterocycles. The molecule has 0 N–H and O–H groups in total. The number of hydrogen-bond donors (Lipinski definition) is 0. The standard InChI is InChI=1S/C17H17FN6O2/c1-11-19-16(26-21-11)15-10-24(22-20-15)14-5-7-23(8-6-14)17(25)12-3-2-4-13(18)9-12/h2-4,9-10,14H,5-8H2,1H3. The van der Waals surface area contributed by atoms with Gasteiger partial charge in [-0.05, 0) is 38.0 Å². The zero-order valence-electron chi connectivity index (χ0n) is 14.2. The van der Waals surface area contributed by atoms with Crippen molar-refractivity contribution in [3.63, 3.8) is 0 Å². The van der Waals surface area contributed by atoms with E-state index in [0.29, 0.717) is 36.1 Å². The number of halogens is 1. The Morgan fingerprint density at radius 2 is 2.12 bits per heavy atom. The van der Waals surface area contributed by atoms with Crippen LogP contribution >= 0.6 is 0 Å². The lowest BCUT2D eigenvalue weighted by molar-refractivity contribution is 0.0688. The van der Waals surface area contributed by atoms with Gasteiger partial charge in [-0.3, -0.25) is 4.79 Å². The first-order valence-electron chi connectivity index (χ1n) is 8.37. The number of aromatic nitrogens is 5. The SMILES string of the molecule is Cc1noc(-c2cn(C3CCN(C(=O)c4cccc(F)c4)CC3)nn2)n1. The molecule has 1 fully saturated rings. The van der Waals surface area contributed by atoms with Gasteiger partial charge in [-0.1, -0.05) is 16.4 Å². The molecule has 134 valence electrons. The predicted octanol–water partition coefficient (Wildman–Crippen LogP) is 2.25. The van der Waals surface area contributed by atoms with E-state index in [1.54, 1.807) is 34.8 Å². The van der Waals surface area contributed by atoms with Crippen molar-refractivity contribution in [1.82, 2.24) is 30.0 Å². The first-order valence-corrected chi connectivity index (χ1v) is 8.37. The van der Waals surface area contributed by atoms with Crippen LogP contribution in [0.15, 0.2) is 35.0 Å². The Morgan fingerprint density at radius 3 is 2.81 bits per heavy atom. The van der Waals surface area contributed by atoms with Crippen LogP contribution in [-0.2, 0) is 0 Å². The number of benzene rings is 1. The predicted molar refractivity (Wildman–Crippen MR) is 88.6 cm³/mol. The molecule has 0 atom stereocenters. The highest BCUT2D eigenvalue weighted by Crippen LogP contribution is 2.24. The van der Waals surface area contributed by atoms with E-state index in [2.05, 4.69) is 20.5 Å². The second-order valence-corrected chi connectivity index (χ2v) is 6.26. The molecule has 1 amide bonds. The zero-order chi connectivity index (χ0) is 18.1. The second-order valence-electron chi connectivity index (χ2n) is 6.26. The van der Waals surface area contributed by atoms with Crippen LogP contribution in [-0.4, -0.2) is 49.0 Å². The van der Waals surface area contributed by atoms with Gasteiger partial charge in [0.1, 0.15) is 5.82 Å². The maximum atomic E-state index is 13.3. The van der Waals surface area contributed by atoms with Crippen LogP contribution in [0.2, 0.25) is 0 Å². The van der Waals surface area contributed by atoms with Gasteiger partial charge in [0.2, 0.25) is 0 Å². The number of piperidine rings is 1. The van der Waals surface area contributed by atoms with Crippen molar-refractivity contribution in [2.45, 2.75) is 25.8 Å². The Kier molecular flexibility index (Phi) is 4.19. The number of aryl methyl sites for hydroxylation is 1. The van der Waals surface area contributed by atoms with Gasteiger partial charge < -0.3 is 9.42 Å².